The van der Waals surface area contributed by atoms with Gasteiger partial charge in [0.15, 0.2) is 0 Å². The molecular formula is C27H38BrN3O7S. The van der Waals surface area contributed by atoms with Crippen LogP contribution in [0.2, 0.25) is 0 Å². The predicted molar refractivity (Wildman–Crippen MR) is 153 cm³/mol. The second kappa shape index (κ2) is 15.1. The van der Waals surface area contributed by atoms with Crippen LogP contribution in [-0.2, 0) is 30.9 Å². The highest BCUT2D eigenvalue weighted by atomic mass is 79.9. The van der Waals surface area contributed by atoms with Crippen molar-refractivity contribution in [2.24, 2.45) is 0 Å². The summed E-state index contributed by atoms with van der Waals surface area (Å²) in [5.41, 5.74) is 6.51. The summed E-state index contributed by atoms with van der Waals surface area (Å²) in [5.74, 6) is -0.259. The molecule has 39 heavy (non-hydrogen) atoms. The molecule has 2 aromatic carbocycles. The van der Waals surface area contributed by atoms with Crippen molar-refractivity contribution in [2.45, 2.75) is 63.2 Å². The number of benzene rings is 2. The first-order chi connectivity index (χ1) is 18.4. The number of alkyl halides is 1. The maximum atomic E-state index is 13.7. The van der Waals surface area contributed by atoms with E-state index >= 15 is 0 Å². The molecule has 0 saturated heterocycles. The number of halogens is 1. The first kappa shape index (κ1) is 32.4. The van der Waals surface area contributed by atoms with E-state index in [9.17, 15) is 18.0 Å². The molecule has 0 radical (unpaired) electrons. The first-order valence-corrected chi connectivity index (χ1v) is 15.1. The summed E-state index contributed by atoms with van der Waals surface area (Å²) in [5, 5.41) is 2.94. The van der Waals surface area contributed by atoms with Crippen LogP contribution in [0.25, 0.3) is 0 Å². The average Bonchev–Trinajstić information content (AvgIpc) is 2.87. The zero-order valence-electron chi connectivity index (χ0n) is 22.8. The third kappa shape index (κ3) is 10.3. The molecule has 12 heteroatoms. The van der Waals surface area contributed by atoms with Gasteiger partial charge in [-0.25, -0.2) is 13.2 Å². The van der Waals surface area contributed by atoms with Crippen LogP contribution in [0.1, 0.15) is 45.6 Å². The molecule has 0 unspecified atom stereocenters. The van der Waals surface area contributed by atoms with E-state index in [1.54, 1.807) is 20.8 Å². The Morgan fingerprint density at radius 2 is 1.79 bits per heavy atom. The van der Waals surface area contributed by atoms with Crippen LogP contribution in [0.15, 0.2) is 53.4 Å². The molecule has 1 amide bonds. The Hall–Kier alpha value is -2.83. The summed E-state index contributed by atoms with van der Waals surface area (Å²) in [6.07, 6.45) is 0.602. The number of esters is 1. The van der Waals surface area contributed by atoms with Gasteiger partial charge in [0.2, 0.25) is 10.0 Å². The number of carbonyl (C=O) groups excluding carboxylic acids is 2. The molecule has 1 atom stereocenters. The lowest BCUT2D eigenvalue weighted by Gasteiger charge is -2.29. The average molecular weight is 629 g/mol. The molecule has 0 aliphatic carbocycles. The molecule has 2 rings (SSSR count). The Morgan fingerprint density at radius 1 is 1.10 bits per heavy atom. The summed E-state index contributed by atoms with van der Waals surface area (Å²) >= 11 is 3.29. The largest absolute Gasteiger partial charge is 0.489 e. The fourth-order valence-electron chi connectivity index (χ4n) is 3.73. The van der Waals surface area contributed by atoms with E-state index in [2.05, 4.69) is 21.2 Å². The lowest BCUT2D eigenvalue weighted by atomic mass is 10.1. The number of hydrogen-bond acceptors (Lipinski definition) is 8. The highest BCUT2D eigenvalue weighted by Gasteiger charge is 2.37. The summed E-state index contributed by atoms with van der Waals surface area (Å²) in [7, 11) is -2.96. The minimum absolute atomic E-state index is 0.00492. The molecular weight excluding hydrogens is 590 g/mol. The number of nitrogens with two attached hydrogens (primary N) is 1. The van der Waals surface area contributed by atoms with E-state index in [0.717, 1.165) is 9.87 Å². The van der Waals surface area contributed by atoms with Crippen molar-refractivity contribution in [3.8, 4) is 5.75 Å². The van der Waals surface area contributed by atoms with E-state index in [1.165, 1.54) is 25.3 Å². The Kier molecular flexibility index (Phi) is 12.5. The highest BCUT2D eigenvalue weighted by Crippen LogP contribution is 2.29. The number of nitrogen functional groups attached to an aromatic ring is 1. The highest BCUT2D eigenvalue weighted by molar-refractivity contribution is 9.09. The Labute approximate surface area is 239 Å². The SMILES string of the molecule is COC(=O)[C@@H](CCCCNC(=O)OC(C)(C)C)N(CCBr)S(=O)(=O)c1ccc(OCc2ccccc2)cc1N. The van der Waals surface area contributed by atoms with Crippen LogP contribution in [0.5, 0.6) is 5.75 Å². The number of anilines is 1. The van der Waals surface area contributed by atoms with Crippen LogP contribution in [0.3, 0.4) is 0 Å². The smallest absolute Gasteiger partial charge is 0.407 e. The summed E-state index contributed by atoms with van der Waals surface area (Å²) in [6.45, 7) is 5.93. The minimum atomic E-state index is -4.18. The molecule has 0 aromatic heterocycles. The molecule has 0 aliphatic rings. The molecule has 0 aliphatic heterocycles. The van der Waals surface area contributed by atoms with Crippen LogP contribution in [0, 0.1) is 0 Å². The molecule has 0 fully saturated rings. The van der Waals surface area contributed by atoms with Crippen molar-refractivity contribution in [3.05, 3.63) is 54.1 Å². The number of nitrogens with zero attached hydrogens (tertiary/aromatic N) is 1. The monoisotopic (exact) mass is 627 g/mol. The summed E-state index contributed by atoms with van der Waals surface area (Å²) in [4.78, 5) is 24.4. The van der Waals surface area contributed by atoms with Crippen LogP contribution < -0.4 is 15.8 Å². The number of ether oxygens (including phenoxy) is 3. The molecule has 0 saturated carbocycles. The Balaban J connectivity index is 2.13. The number of rotatable bonds is 14. The number of carbonyl (C=O) groups is 2. The van der Waals surface area contributed by atoms with Crippen molar-refractivity contribution in [1.29, 1.82) is 0 Å². The van der Waals surface area contributed by atoms with Crippen LogP contribution >= 0.6 is 15.9 Å². The second-order valence-electron chi connectivity index (χ2n) is 9.74. The van der Waals surface area contributed by atoms with Gasteiger partial charge in [0.05, 0.1) is 12.8 Å². The molecule has 2 aromatic rings. The van der Waals surface area contributed by atoms with Crippen LogP contribution in [-0.4, -0.2) is 62.0 Å². The molecule has 216 valence electrons. The fourth-order valence-corrected chi connectivity index (χ4v) is 6.05. The minimum Gasteiger partial charge on any atom is -0.489 e. The number of sulfonamides is 1. The van der Waals surface area contributed by atoms with Gasteiger partial charge < -0.3 is 25.3 Å². The number of methoxy groups -OCH3 is 1. The lowest BCUT2D eigenvalue weighted by molar-refractivity contribution is -0.145. The van der Waals surface area contributed by atoms with Gasteiger partial charge in [0.25, 0.3) is 0 Å². The van der Waals surface area contributed by atoms with Crippen molar-refractivity contribution >= 4 is 43.7 Å². The molecule has 10 nitrogen and oxygen atoms in total. The third-order valence-electron chi connectivity index (χ3n) is 5.51. The third-order valence-corrected chi connectivity index (χ3v) is 7.85. The number of alkyl carbamates (subject to hydrolysis) is 1. The molecule has 3 N–H and O–H groups in total. The zero-order chi connectivity index (χ0) is 29.1. The fraction of sp³-hybridized carbons (Fsp3) is 0.481. The normalized spacial score (nSPS) is 12.6. The van der Waals surface area contributed by atoms with Crippen molar-refractivity contribution in [2.75, 3.05) is 31.3 Å². The first-order valence-electron chi connectivity index (χ1n) is 12.6. The Morgan fingerprint density at radius 3 is 2.38 bits per heavy atom. The standard InChI is InChI=1S/C27H38BrN3O7S/c1-27(2,3)38-26(33)30-16-9-8-12-23(25(32)36-4)31(17-15-28)39(34,35)24-14-13-21(18-22(24)29)37-19-20-10-6-5-7-11-20/h5-7,10-11,13-14,18,23H,8-9,12,15-17,19,29H2,1-4H3,(H,30,33)/t23-/m1/s1. The van der Waals surface area contributed by atoms with E-state index in [1.807, 2.05) is 30.3 Å². The quantitative estimate of drug-likeness (QED) is 0.135. The van der Waals surface area contributed by atoms with Gasteiger partial charge >= 0.3 is 12.1 Å². The van der Waals surface area contributed by atoms with Crippen molar-refractivity contribution in [1.82, 2.24) is 9.62 Å². The Bertz CT molecular complexity index is 1190. The number of hydrogen-bond donors (Lipinski definition) is 2. The van der Waals surface area contributed by atoms with Gasteiger partial charge in [-0.05, 0) is 57.7 Å². The van der Waals surface area contributed by atoms with Gasteiger partial charge in [-0.1, -0.05) is 46.3 Å². The van der Waals surface area contributed by atoms with Gasteiger partial charge in [-0.15, -0.1) is 0 Å². The van der Waals surface area contributed by atoms with Gasteiger partial charge in [0, 0.05) is 24.5 Å². The maximum absolute atomic E-state index is 13.7. The van der Waals surface area contributed by atoms with E-state index < -0.39 is 33.7 Å². The van der Waals surface area contributed by atoms with Gasteiger partial charge in [0.1, 0.15) is 28.9 Å². The zero-order valence-corrected chi connectivity index (χ0v) is 25.2. The summed E-state index contributed by atoms with van der Waals surface area (Å²) in [6, 6.07) is 12.8. The second-order valence-corrected chi connectivity index (χ2v) is 12.4. The predicted octanol–water partition coefficient (Wildman–Crippen LogP) is 4.47. The van der Waals surface area contributed by atoms with Crippen LogP contribution in [0.4, 0.5) is 10.5 Å². The number of nitrogens with one attached hydrogen (secondary N) is 1. The maximum Gasteiger partial charge on any atom is 0.407 e. The number of amides is 1. The molecule has 0 bridgehead atoms. The number of unbranched alkanes of at least 4 members (excludes halogenated alkanes) is 1. The molecule has 0 heterocycles. The lowest BCUT2D eigenvalue weighted by Crippen LogP contribution is -2.46. The summed E-state index contributed by atoms with van der Waals surface area (Å²) < 4.78 is 44.4. The van der Waals surface area contributed by atoms with Crippen molar-refractivity contribution < 1.29 is 32.2 Å². The van der Waals surface area contributed by atoms with Crippen molar-refractivity contribution in [3.63, 3.8) is 0 Å². The topological polar surface area (TPSA) is 137 Å². The molecule has 0 spiro atoms. The van der Waals surface area contributed by atoms with E-state index in [4.69, 9.17) is 19.9 Å². The van der Waals surface area contributed by atoms with E-state index in [-0.39, 0.29) is 28.9 Å². The van der Waals surface area contributed by atoms with E-state index in [0.29, 0.717) is 31.7 Å². The van der Waals surface area contributed by atoms with Gasteiger partial charge in [-0.2, -0.15) is 4.31 Å². The van der Waals surface area contributed by atoms with Gasteiger partial charge in [-0.3, -0.25) is 4.79 Å².